The van der Waals surface area contributed by atoms with Gasteiger partial charge in [-0.2, -0.15) is 0 Å². The van der Waals surface area contributed by atoms with Crippen LogP contribution in [0.5, 0.6) is 5.75 Å². The number of piperidine rings is 1. The van der Waals surface area contributed by atoms with Gasteiger partial charge in [0.15, 0.2) is 5.78 Å². The SMILES string of the molecule is Cl.O=C1CC2(CCNCC2)Oc2c(Cl)cc(Cl)cc21. The fraction of sp³-hybridized carbons (Fsp3) is 0.462. The van der Waals surface area contributed by atoms with E-state index in [-0.39, 0.29) is 23.8 Å². The van der Waals surface area contributed by atoms with Crippen LogP contribution < -0.4 is 10.1 Å². The second kappa shape index (κ2) is 5.49. The fourth-order valence-electron chi connectivity index (χ4n) is 2.67. The van der Waals surface area contributed by atoms with Crippen LogP contribution in [0.3, 0.4) is 0 Å². The topological polar surface area (TPSA) is 38.3 Å². The van der Waals surface area contributed by atoms with Crippen LogP contribution in [0.2, 0.25) is 10.0 Å². The average molecular weight is 323 g/mol. The lowest BCUT2D eigenvalue weighted by Gasteiger charge is -2.41. The number of fused-ring (bicyclic) bond motifs is 1. The molecule has 0 amide bonds. The standard InChI is InChI=1S/C13H13Cl2NO2.ClH/c14-8-5-9-11(17)7-13(1-3-16-4-2-13)18-12(9)10(15)6-8;/h5-6,16H,1-4,7H2;1H. The van der Waals surface area contributed by atoms with Gasteiger partial charge in [0.1, 0.15) is 11.4 Å². The molecule has 0 atom stereocenters. The van der Waals surface area contributed by atoms with Crippen molar-refractivity contribution in [1.29, 1.82) is 0 Å². The molecule has 0 bridgehead atoms. The Balaban J connectivity index is 0.00000133. The Morgan fingerprint density at radius 2 is 1.89 bits per heavy atom. The van der Waals surface area contributed by atoms with Crippen LogP contribution in [-0.2, 0) is 0 Å². The molecule has 3 nitrogen and oxygen atoms in total. The van der Waals surface area contributed by atoms with Gasteiger partial charge in [-0.1, -0.05) is 23.2 Å². The number of nitrogens with one attached hydrogen (secondary N) is 1. The second-order valence-corrected chi connectivity index (χ2v) is 5.74. The molecule has 2 aliphatic rings. The molecule has 0 aliphatic carbocycles. The molecule has 1 aromatic rings. The van der Waals surface area contributed by atoms with Crippen molar-refractivity contribution in [2.24, 2.45) is 0 Å². The molecule has 1 saturated heterocycles. The van der Waals surface area contributed by atoms with E-state index in [9.17, 15) is 4.79 Å². The average Bonchev–Trinajstić information content (AvgIpc) is 2.32. The highest BCUT2D eigenvalue weighted by atomic mass is 35.5. The first-order valence-electron chi connectivity index (χ1n) is 6.02. The fourth-order valence-corrected chi connectivity index (χ4v) is 3.20. The van der Waals surface area contributed by atoms with Gasteiger partial charge in [0, 0.05) is 17.9 Å². The third kappa shape index (κ3) is 2.70. The van der Waals surface area contributed by atoms with Crippen LogP contribution in [0.25, 0.3) is 0 Å². The smallest absolute Gasteiger partial charge is 0.170 e. The lowest BCUT2D eigenvalue weighted by atomic mass is 9.83. The van der Waals surface area contributed by atoms with Gasteiger partial charge in [0.05, 0.1) is 17.0 Å². The summed E-state index contributed by atoms with van der Waals surface area (Å²) in [6.07, 6.45) is 2.08. The Morgan fingerprint density at radius 1 is 1.21 bits per heavy atom. The van der Waals surface area contributed by atoms with E-state index in [1.807, 2.05) is 0 Å². The molecule has 6 heteroatoms. The van der Waals surface area contributed by atoms with Gasteiger partial charge in [-0.3, -0.25) is 4.79 Å². The van der Waals surface area contributed by atoms with Crippen molar-refractivity contribution >= 4 is 41.4 Å². The highest BCUT2D eigenvalue weighted by molar-refractivity contribution is 6.36. The summed E-state index contributed by atoms with van der Waals surface area (Å²) >= 11 is 12.1. The van der Waals surface area contributed by atoms with E-state index in [0.717, 1.165) is 25.9 Å². The number of hydrogen-bond donors (Lipinski definition) is 1. The normalized spacial score (nSPS) is 20.4. The Labute approximate surface area is 128 Å². The zero-order valence-corrected chi connectivity index (χ0v) is 12.5. The van der Waals surface area contributed by atoms with Gasteiger partial charge in [-0.25, -0.2) is 0 Å². The van der Waals surface area contributed by atoms with Gasteiger partial charge in [-0.05, 0) is 25.2 Å². The minimum Gasteiger partial charge on any atom is -0.484 e. The summed E-state index contributed by atoms with van der Waals surface area (Å²) in [6, 6.07) is 3.26. The van der Waals surface area contributed by atoms with E-state index in [0.29, 0.717) is 27.8 Å². The van der Waals surface area contributed by atoms with Gasteiger partial charge in [-0.15, -0.1) is 12.4 Å². The molecule has 1 aromatic carbocycles. The largest absolute Gasteiger partial charge is 0.484 e. The molecule has 2 heterocycles. The number of carbonyl (C=O) groups is 1. The van der Waals surface area contributed by atoms with Crippen molar-refractivity contribution in [3.8, 4) is 5.75 Å². The summed E-state index contributed by atoms with van der Waals surface area (Å²) in [5.74, 6) is 0.571. The maximum Gasteiger partial charge on any atom is 0.170 e. The Kier molecular flexibility index (Phi) is 4.31. The third-order valence-electron chi connectivity index (χ3n) is 3.62. The summed E-state index contributed by atoms with van der Waals surface area (Å²) in [5, 5.41) is 4.16. The molecular formula is C13H14Cl3NO2. The molecule has 1 fully saturated rings. The lowest BCUT2D eigenvalue weighted by molar-refractivity contribution is 0.0188. The first-order chi connectivity index (χ1) is 8.60. The maximum atomic E-state index is 12.2. The van der Waals surface area contributed by atoms with Crippen LogP contribution in [0.15, 0.2) is 12.1 Å². The zero-order valence-electron chi connectivity index (χ0n) is 10.2. The summed E-state index contributed by atoms with van der Waals surface area (Å²) in [4.78, 5) is 12.2. The Bertz CT molecular complexity index is 513. The number of Topliss-reactive ketones (excluding diaryl/α,β-unsaturated/α-hetero) is 1. The molecule has 1 N–H and O–H groups in total. The van der Waals surface area contributed by atoms with Crippen molar-refractivity contribution in [1.82, 2.24) is 5.32 Å². The molecular weight excluding hydrogens is 309 g/mol. The molecule has 1 spiro atoms. The van der Waals surface area contributed by atoms with Gasteiger partial charge in [0.2, 0.25) is 0 Å². The molecule has 2 aliphatic heterocycles. The van der Waals surface area contributed by atoms with Gasteiger partial charge in [0.25, 0.3) is 0 Å². The number of hydrogen-bond acceptors (Lipinski definition) is 3. The van der Waals surface area contributed by atoms with E-state index < -0.39 is 0 Å². The van der Waals surface area contributed by atoms with Crippen molar-refractivity contribution < 1.29 is 9.53 Å². The number of benzene rings is 1. The lowest BCUT2D eigenvalue weighted by Crippen LogP contribution is -2.49. The minimum absolute atomic E-state index is 0. The van der Waals surface area contributed by atoms with Crippen LogP contribution in [-0.4, -0.2) is 24.5 Å². The molecule has 104 valence electrons. The summed E-state index contributed by atoms with van der Waals surface area (Å²) in [6.45, 7) is 1.74. The Morgan fingerprint density at radius 3 is 2.58 bits per heavy atom. The summed E-state index contributed by atoms with van der Waals surface area (Å²) in [7, 11) is 0. The number of ether oxygens (including phenoxy) is 1. The zero-order chi connectivity index (χ0) is 12.8. The van der Waals surface area contributed by atoms with Crippen molar-refractivity contribution in [3.63, 3.8) is 0 Å². The molecule has 0 radical (unpaired) electrons. The molecule has 3 rings (SSSR count). The summed E-state index contributed by atoms with van der Waals surface area (Å²) in [5.41, 5.74) is 0.129. The number of halogens is 3. The minimum atomic E-state index is -0.382. The van der Waals surface area contributed by atoms with Gasteiger partial charge >= 0.3 is 0 Å². The third-order valence-corrected chi connectivity index (χ3v) is 4.12. The monoisotopic (exact) mass is 321 g/mol. The van der Waals surface area contributed by atoms with Crippen LogP contribution in [0.4, 0.5) is 0 Å². The van der Waals surface area contributed by atoms with E-state index in [2.05, 4.69) is 5.32 Å². The maximum absolute atomic E-state index is 12.2. The summed E-state index contributed by atoms with van der Waals surface area (Å²) < 4.78 is 6.07. The first-order valence-corrected chi connectivity index (χ1v) is 6.77. The van der Waals surface area contributed by atoms with Crippen molar-refractivity contribution in [2.75, 3.05) is 13.1 Å². The van der Waals surface area contributed by atoms with E-state index in [1.165, 1.54) is 0 Å². The molecule has 19 heavy (non-hydrogen) atoms. The molecule has 0 unspecified atom stereocenters. The molecule has 0 aromatic heterocycles. The van der Waals surface area contributed by atoms with Crippen LogP contribution in [0, 0.1) is 0 Å². The number of ketones is 1. The predicted octanol–water partition coefficient (Wildman–Crippen LogP) is 3.50. The number of carbonyl (C=O) groups excluding carboxylic acids is 1. The Hall–Kier alpha value is -0.480. The van der Waals surface area contributed by atoms with Crippen molar-refractivity contribution in [3.05, 3.63) is 27.7 Å². The van der Waals surface area contributed by atoms with E-state index in [1.54, 1.807) is 12.1 Å². The highest BCUT2D eigenvalue weighted by Gasteiger charge is 2.42. The van der Waals surface area contributed by atoms with Crippen LogP contribution in [0.1, 0.15) is 29.6 Å². The van der Waals surface area contributed by atoms with E-state index in [4.69, 9.17) is 27.9 Å². The van der Waals surface area contributed by atoms with E-state index >= 15 is 0 Å². The number of rotatable bonds is 0. The predicted molar refractivity (Wildman–Crippen MR) is 78.1 cm³/mol. The molecule has 0 saturated carbocycles. The quantitative estimate of drug-likeness (QED) is 0.794. The highest BCUT2D eigenvalue weighted by Crippen LogP contribution is 2.43. The van der Waals surface area contributed by atoms with Crippen LogP contribution >= 0.6 is 35.6 Å². The van der Waals surface area contributed by atoms with Crippen molar-refractivity contribution in [2.45, 2.75) is 24.9 Å². The first kappa shape index (κ1) is 14.9. The second-order valence-electron chi connectivity index (χ2n) is 4.90. The van der Waals surface area contributed by atoms with Gasteiger partial charge < -0.3 is 10.1 Å².